The molecule has 2 rings (SSSR count). The van der Waals surface area contributed by atoms with Gasteiger partial charge < -0.3 is 20.1 Å². The lowest BCUT2D eigenvalue weighted by molar-refractivity contribution is 0.205. The molecule has 0 aliphatic carbocycles. The average molecular weight is 322 g/mol. The predicted octanol–water partition coefficient (Wildman–Crippen LogP) is 3.24. The van der Waals surface area contributed by atoms with Gasteiger partial charge in [0.1, 0.15) is 30.5 Å². The molecule has 0 atom stereocenters. The number of terminal acetylenes is 2. The average Bonchev–Trinajstić information content (AvgIpc) is 2.55. The van der Waals surface area contributed by atoms with Crippen LogP contribution in [0.5, 0.6) is 17.2 Å². The van der Waals surface area contributed by atoms with Crippen LogP contribution in [-0.4, -0.2) is 28.5 Å². The predicted molar refractivity (Wildman–Crippen MR) is 95.3 cm³/mol. The van der Waals surface area contributed by atoms with Gasteiger partial charge in [-0.25, -0.2) is 0 Å². The van der Waals surface area contributed by atoms with Gasteiger partial charge in [-0.1, -0.05) is 36.1 Å². The maximum absolute atomic E-state index is 9.30. The molecule has 0 radical (unpaired) electrons. The second-order valence-corrected chi connectivity index (χ2v) is 4.61. The van der Waals surface area contributed by atoms with Crippen molar-refractivity contribution >= 4 is 12.2 Å². The minimum atomic E-state index is 0.0235. The maximum atomic E-state index is 9.30. The van der Waals surface area contributed by atoms with E-state index in [0.717, 1.165) is 5.56 Å². The standard InChI is InChI=1S/C14H12O3.C6H6O/c15-12-5-3-10(4-6-12)1-2-11-7-13(16)9-14(17)8-11;1-3-5-7-6-4-2/h1-9,15-17H;1-2H,5-6H2. The van der Waals surface area contributed by atoms with Crippen LogP contribution < -0.4 is 0 Å². The summed E-state index contributed by atoms with van der Waals surface area (Å²) in [4.78, 5) is 0. The highest BCUT2D eigenvalue weighted by Gasteiger charge is 1.95. The van der Waals surface area contributed by atoms with Crippen molar-refractivity contribution in [1.82, 2.24) is 0 Å². The lowest BCUT2D eigenvalue weighted by atomic mass is 10.1. The molecule has 0 heterocycles. The number of phenolic OH excluding ortho intramolecular Hbond substituents is 3. The van der Waals surface area contributed by atoms with Crippen LogP contribution in [0, 0.1) is 24.7 Å². The third-order valence-electron chi connectivity index (χ3n) is 2.66. The van der Waals surface area contributed by atoms with Crippen LogP contribution in [0.4, 0.5) is 0 Å². The Morgan fingerprint density at radius 3 is 1.75 bits per heavy atom. The number of phenols is 3. The van der Waals surface area contributed by atoms with E-state index >= 15 is 0 Å². The lowest BCUT2D eigenvalue weighted by Crippen LogP contribution is -1.89. The fourth-order valence-corrected chi connectivity index (χ4v) is 1.66. The summed E-state index contributed by atoms with van der Waals surface area (Å²) in [6.07, 6.45) is 13.2. The molecule has 24 heavy (non-hydrogen) atoms. The Balaban J connectivity index is 0.000000351. The highest BCUT2D eigenvalue weighted by molar-refractivity contribution is 5.71. The van der Waals surface area contributed by atoms with Crippen LogP contribution in [-0.2, 0) is 4.74 Å². The van der Waals surface area contributed by atoms with E-state index in [0.29, 0.717) is 18.8 Å². The molecule has 0 fully saturated rings. The third-order valence-corrected chi connectivity index (χ3v) is 2.66. The molecular weight excluding hydrogens is 304 g/mol. The van der Waals surface area contributed by atoms with Crippen molar-refractivity contribution in [2.75, 3.05) is 13.2 Å². The van der Waals surface area contributed by atoms with Crippen molar-refractivity contribution in [3.63, 3.8) is 0 Å². The molecule has 0 saturated heterocycles. The Morgan fingerprint density at radius 1 is 0.750 bits per heavy atom. The fourth-order valence-electron chi connectivity index (χ4n) is 1.66. The van der Waals surface area contributed by atoms with Gasteiger partial charge in [0.15, 0.2) is 0 Å². The van der Waals surface area contributed by atoms with Crippen molar-refractivity contribution in [3.8, 4) is 41.9 Å². The Morgan fingerprint density at radius 2 is 1.25 bits per heavy atom. The SMILES string of the molecule is C#CCOCC#C.Oc1ccc(C=Cc2cc(O)cc(O)c2)cc1. The largest absolute Gasteiger partial charge is 0.508 e. The summed E-state index contributed by atoms with van der Waals surface area (Å²) in [6, 6.07) is 11.1. The van der Waals surface area contributed by atoms with E-state index in [1.54, 1.807) is 42.5 Å². The van der Waals surface area contributed by atoms with Crippen LogP contribution in [0.25, 0.3) is 12.2 Å². The molecule has 3 N–H and O–H groups in total. The molecule has 0 bridgehead atoms. The van der Waals surface area contributed by atoms with E-state index in [4.69, 9.17) is 18.0 Å². The molecule has 122 valence electrons. The van der Waals surface area contributed by atoms with E-state index in [1.807, 2.05) is 6.08 Å². The maximum Gasteiger partial charge on any atom is 0.119 e. The Bertz CT molecular complexity index is 712. The summed E-state index contributed by atoms with van der Waals surface area (Å²) >= 11 is 0. The molecule has 0 aromatic heterocycles. The monoisotopic (exact) mass is 322 g/mol. The van der Waals surface area contributed by atoms with Gasteiger partial charge in [-0.15, -0.1) is 12.8 Å². The molecule has 0 unspecified atom stereocenters. The highest BCUT2D eigenvalue weighted by atomic mass is 16.5. The number of aromatic hydroxyl groups is 3. The Hall–Kier alpha value is -3.34. The fraction of sp³-hybridized carbons (Fsp3) is 0.100. The molecule has 4 nitrogen and oxygen atoms in total. The highest BCUT2D eigenvalue weighted by Crippen LogP contribution is 2.22. The van der Waals surface area contributed by atoms with E-state index in [2.05, 4.69) is 16.6 Å². The van der Waals surface area contributed by atoms with Gasteiger partial charge in [-0.2, -0.15) is 0 Å². The van der Waals surface area contributed by atoms with Gasteiger partial charge in [-0.3, -0.25) is 0 Å². The second kappa shape index (κ2) is 10.4. The molecule has 2 aromatic rings. The van der Waals surface area contributed by atoms with E-state index in [9.17, 15) is 10.2 Å². The quantitative estimate of drug-likeness (QED) is 0.459. The Labute approximate surface area is 141 Å². The van der Waals surface area contributed by atoms with Crippen LogP contribution in [0.15, 0.2) is 42.5 Å². The third kappa shape index (κ3) is 7.61. The topological polar surface area (TPSA) is 69.9 Å². The van der Waals surface area contributed by atoms with Crippen molar-refractivity contribution < 1.29 is 20.1 Å². The van der Waals surface area contributed by atoms with Crippen LogP contribution in [0.3, 0.4) is 0 Å². The first-order valence-corrected chi connectivity index (χ1v) is 7.00. The molecule has 0 aliphatic heterocycles. The van der Waals surface area contributed by atoms with Gasteiger partial charge >= 0.3 is 0 Å². The first-order valence-electron chi connectivity index (χ1n) is 7.00. The number of hydrogen-bond donors (Lipinski definition) is 3. The summed E-state index contributed by atoms with van der Waals surface area (Å²) in [5, 5.41) is 27.7. The van der Waals surface area contributed by atoms with E-state index in [-0.39, 0.29) is 17.2 Å². The summed E-state index contributed by atoms with van der Waals surface area (Å²) in [6.45, 7) is 0.619. The molecule has 0 saturated carbocycles. The van der Waals surface area contributed by atoms with Gasteiger partial charge in [0.2, 0.25) is 0 Å². The Kier molecular flexibility index (Phi) is 8.10. The van der Waals surface area contributed by atoms with Crippen molar-refractivity contribution in [2.24, 2.45) is 0 Å². The zero-order chi connectivity index (χ0) is 17.8. The number of rotatable bonds is 4. The molecule has 2 aromatic carbocycles. The molecule has 0 amide bonds. The van der Waals surface area contributed by atoms with Gasteiger partial charge in [0.05, 0.1) is 0 Å². The molecular formula is C20H18O4. The van der Waals surface area contributed by atoms with Crippen LogP contribution >= 0.6 is 0 Å². The number of ether oxygens (including phenoxy) is 1. The molecule has 0 spiro atoms. The van der Waals surface area contributed by atoms with Crippen LogP contribution in [0.2, 0.25) is 0 Å². The van der Waals surface area contributed by atoms with E-state index in [1.165, 1.54) is 6.07 Å². The van der Waals surface area contributed by atoms with Crippen molar-refractivity contribution in [2.45, 2.75) is 0 Å². The summed E-state index contributed by atoms with van der Waals surface area (Å²) in [7, 11) is 0. The first kappa shape index (κ1) is 18.7. The number of hydrogen-bond acceptors (Lipinski definition) is 4. The van der Waals surface area contributed by atoms with Gasteiger partial charge in [-0.05, 0) is 35.4 Å². The minimum Gasteiger partial charge on any atom is -0.508 e. The molecule has 0 aliphatic rings. The molecule has 4 heteroatoms. The van der Waals surface area contributed by atoms with Gasteiger partial charge in [0, 0.05) is 6.07 Å². The lowest BCUT2D eigenvalue weighted by Gasteiger charge is -1.98. The van der Waals surface area contributed by atoms with Crippen molar-refractivity contribution in [3.05, 3.63) is 53.6 Å². The summed E-state index contributed by atoms with van der Waals surface area (Å²) in [5.74, 6) is 4.84. The zero-order valence-electron chi connectivity index (χ0n) is 13.0. The minimum absolute atomic E-state index is 0.0235. The number of benzene rings is 2. The van der Waals surface area contributed by atoms with Crippen molar-refractivity contribution in [1.29, 1.82) is 0 Å². The normalized spacial score (nSPS) is 9.58. The smallest absolute Gasteiger partial charge is 0.119 e. The van der Waals surface area contributed by atoms with Crippen LogP contribution in [0.1, 0.15) is 11.1 Å². The second-order valence-electron chi connectivity index (χ2n) is 4.61. The van der Waals surface area contributed by atoms with E-state index < -0.39 is 0 Å². The first-order chi connectivity index (χ1) is 11.5. The van der Waals surface area contributed by atoms with Gasteiger partial charge in [0.25, 0.3) is 0 Å². The zero-order valence-corrected chi connectivity index (χ0v) is 13.0. The summed E-state index contributed by atoms with van der Waals surface area (Å²) in [5.41, 5.74) is 1.63. The summed E-state index contributed by atoms with van der Waals surface area (Å²) < 4.78 is 4.66.